The van der Waals surface area contributed by atoms with Gasteiger partial charge in [-0.25, -0.2) is 0 Å². The van der Waals surface area contributed by atoms with E-state index >= 15 is 0 Å². The minimum atomic E-state index is -0.188. The molecule has 3 aromatic rings. The van der Waals surface area contributed by atoms with Crippen molar-refractivity contribution in [2.75, 3.05) is 11.9 Å². The molecule has 30 heavy (non-hydrogen) atoms. The van der Waals surface area contributed by atoms with Crippen molar-refractivity contribution < 1.29 is 9.59 Å². The third-order valence-corrected chi connectivity index (χ3v) is 6.40. The number of rotatable bonds is 9. The second-order valence-electron chi connectivity index (χ2n) is 6.56. The quantitative estimate of drug-likeness (QED) is 0.268. The van der Waals surface area contributed by atoms with Crippen LogP contribution in [0.3, 0.4) is 0 Å². The van der Waals surface area contributed by atoms with Crippen LogP contribution in [0.2, 0.25) is 5.02 Å². The third-order valence-electron chi connectivity index (χ3n) is 4.11. The van der Waals surface area contributed by atoms with E-state index in [0.29, 0.717) is 28.7 Å². The van der Waals surface area contributed by atoms with Crippen LogP contribution in [0, 0.1) is 6.92 Å². The Hall–Kier alpha value is -2.42. The molecule has 0 bridgehead atoms. The van der Waals surface area contributed by atoms with E-state index in [-0.39, 0.29) is 18.2 Å². The smallest absolute Gasteiger partial charge is 0.251 e. The fourth-order valence-corrected chi connectivity index (χ4v) is 4.33. The van der Waals surface area contributed by atoms with Gasteiger partial charge in [-0.05, 0) is 43.2 Å². The standard InChI is InChI=1S/C21H21ClN4O2S2/c1-14-4-6-15(7-5-14)13-29-21-26-25-20(30-21)24-18(27)3-2-12-23-19(28)16-8-10-17(22)11-9-16/h4-11H,2-3,12-13H2,1H3,(H,23,28)(H,24,25,27). The molecule has 6 nitrogen and oxygen atoms in total. The van der Waals surface area contributed by atoms with Gasteiger partial charge in [-0.2, -0.15) is 0 Å². The van der Waals surface area contributed by atoms with Crippen molar-refractivity contribution in [1.29, 1.82) is 0 Å². The maximum absolute atomic E-state index is 12.1. The number of hydrogen-bond acceptors (Lipinski definition) is 6. The van der Waals surface area contributed by atoms with E-state index in [4.69, 9.17) is 11.6 Å². The number of nitrogens with one attached hydrogen (secondary N) is 2. The number of amides is 2. The molecule has 156 valence electrons. The van der Waals surface area contributed by atoms with Crippen LogP contribution in [0.25, 0.3) is 0 Å². The Labute approximate surface area is 188 Å². The van der Waals surface area contributed by atoms with Crippen LogP contribution in [0.5, 0.6) is 0 Å². The van der Waals surface area contributed by atoms with Gasteiger partial charge in [0.15, 0.2) is 4.34 Å². The van der Waals surface area contributed by atoms with Crippen LogP contribution in [0.4, 0.5) is 5.13 Å². The summed E-state index contributed by atoms with van der Waals surface area (Å²) in [5, 5.41) is 14.7. The van der Waals surface area contributed by atoms with Crippen molar-refractivity contribution in [3.63, 3.8) is 0 Å². The number of benzene rings is 2. The third kappa shape index (κ3) is 7.12. The molecular formula is C21H21ClN4O2S2. The van der Waals surface area contributed by atoms with E-state index in [9.17, 15) is 9.59 Å². The lowest BCUT2D eigenvalue weighted by Gasteiger charge is -2.05. The minimum absolute atomic E-state index is 0.151. The van der Waals surface area contributed by atoms with Crippen LogP contribution < -0.4 is 10.6 Å². The fourth-order valence-electron chi connectivity index (χ4n) is 2.48. The molecule has 0 spiro atoms. The van der Waals surface area contributed by atoms with E-state index in [1.807, 2.05) is 0 Å². The largest absolute Gasteiger partial charge is 0.352 e. The van der Waals surface area contributed by atoms with E-state index in [2.05, 4.69) is 52.0 Å². The number of aryl methyl sites for hydroxylation is 1. The molecule has 0 unspecified atom stereocenters. The maximum atomic E-state index is 12.1. The molecule has 1 heterocycles. The van der Waals surface area contributed by atoms with Gasteiger partial charge >= 0.3 is 0 Å². The molecule has 2 amide bonds. The summed E-state index contributed by atoms with van der Waals surface area (Å²) in [7, 11) is 0. The van der Waals surface area contributed by atoms with E-state index in [0.717, 1.165) is 10.1 Å². The van der Waals surface area contributed by atoms with Crippen molar-refractivity contribution in [2.45, 2.75) is 29.9 Å². The predicted octanol–water partition coefficient (Wildman–Crippen LogP) is 4.94. The Morgan fingerprint density at radius 2 is 1.80 bits per heavy atom. The molecule has 0 aliphatic heterocycles. The number of anilines is 1. The van der Waals surface area contributed by atoms with Crippen LogP contribution in [0.1, 0.15) is 34.3 Å². The number of aromatic nitrogens is 2. The predicted molar refractivity (Wildman–Crippen MR) is 122 cm³/mol. The summed E-state index contributed by atoms with van der Waals surface area (Å²) in [5.74, 6) is 0.462. The Bertz CT molecular complexity index is 991. The molecule has 0 saturated carbocycles. The van der Waals surface area contributed by atoms with Gasteiger partial charge < -0.3 is 10.6 Å². The average molecular weight is 461 g/mol. The summed E-state index contributed by atoms with van der Waals surface area (Å²) in [5.41, 5.74) is 2.98. The molecule has 0 radical (unpaired) electrons. The number of halogens is 1. The van der Waals surface area contributed by atoms with Crippen molar-refractivity contribution in [3.05, 3.63) is 70.2 Å². The van der Waals surface area contributed by atoms with Gasteiger partial charge in [0.05, 0.1) is 0 Å². The van der Waals surface area contributed by atoms with Crippen molar-refractivity contribution in [1.82, 2.24) is 15.5 Å². The maximum Gasteiger partial charge on any atom is 0.251 e. The Kier molecular flexibility index (Phi) is 8.24. The summed E-state index contributed by atoms with van der Waals surface area (Å²) < 4.78 is 0.807. The molecular weight excluding hydrogens is 440 g/mol. The molecule has 3 rings (SSSR count). The molecule has 0 atom stereocenters. The van der Waals surface area contributed by atoms with Crippen LogP contribution in [-0.4, -0.2) is 28.6 Å². The summed E-state index contributed by atoms with van der Waals surface area (Å²) in [6, 6.07) is 15.0. The van der Waals surface area contributed by atoms with Crippen LogP contribution in [0.15, 0.2) is 52.9 Å². The van der Waals surface area contributed by atoms with Gasteiger partial charge in [-0.15, -0.1) is 10.2 Å². The van der Waals surface area contributed by atoms with Crippen LogP contribution in [-0.2, 0) is 10.5 Å². The highest BCUT2D eigenvalue weighted by atomic mass is 35.5. The molecule has 9 heteroatoms. The normalized spacial score (nSPS) is 10.6. The summed E-state index contributed by atoms with van der Waals surface area (Å²) in [6.07, 6.45) is 0.811. The van der Waals surface area contributed by atoms with E-state index in [1.165, 1.54) is 22.5 Å². The Morgan fingerprint density at radius 1 is 1.07 bits per heavy atom. The van der Waals surface area contributed by atoms with Crippen molar-refractivity contribution >= 4 is 51.6 Å². The Balaban J connectivity index is 1.35. The van der Waals surface area contributed by atoms with Crippen LogP contribution >= 0.6 is 34.7 Å². The first-order chi connectivity index (χ1) is 14.5. The fraction of sp³-hybridized carbons (Fsp3) is 0.238. The Morgan fingerprint density at radius 3 is 2.53 bits per heavy atom. The van der Waals surface area contributed by atoms with Crippen molar-refractivity contribution in [2.24, 2.45) is 0 Å². The summed E-state index contributed by atoms with van der Waals surface area (Å²) in [6.45, 7) is 2.47. The lowest BCUT2D eigenvalue weighted by molar-refractivity contribution is -0.116. The minimum Gasteiger partial charge on any atom is -0.352 e. The number of hydrogen-bond donors (Lipinski definition) is 2. The summed E-state index contributed by atoms with van der Waals surface area (Å²) >= 11 is 8.75. The van der Waals surface area contributed by atoms with Gasteiger partial charge in [-0.3, -0.25) is 9.59 Å². The van der Waals surface area contributed by atoms with E-state index in [1.54, 1.807) is 36.0 Å². The van der Waals surface area contributed by atoms with Gasteiger partial charge in [0, 0.05) is 29.3 Å². The first kappa shape index (κ1) is 22.3. The number of thioether (sulfide) groups is 1. The zero-order valence-electron chi connectivity index (χ0n) is 16.4. The average Bonchev–Trinajstić information content (AvgIpc) is 3.18. The molecule has 2 aromatic carbocycles. The van der Waals surface area contributed by atoms with Gasteiger partial charge in [0.1, 0.15) is 0 Å². The number of nitrogens with zero attached hydrogens (tertiary/aromatic N) is 2. The topological polar surface area (TPSA) is 84.0 Å². The monoisotopic (exact) mass is 460 g/mol. The first-order valence-corrected chi connectivity index (χ1v) is 11.5. The second kappa shape index (κ2) is 11.1. The highest BCUT2D eigenvalue weighted by Crippen LogP contribution is 2.28. The zero-order valence-corrected chi connectivity index (χ0v) is 18.7. The zero-order chi connectivity index (χ0) is 21.3. The lowest BCUT2D eigenvalue weighted by atomic mass is 10.2. The second-order valence-corrected chi connectivity index (χ2v) is 9.20. The molecule has 0 aliphatic rings. The molecule has 2 N–H and O–H groups in total. The van der Waals surface area contributed by atoms with Gasteiger partial charge in [-0.1, -0.05) is 64.5 Å². The van der Waals surface area contributed by atoms with Gasteiger partial charge in [0.25, 0.3) is 5.91 Å². The molecule has 0 saturated heterocycles. The molecule has 1 aromatic heterocycles. The highest BCUT2D eigenvalue weighted by molar-refractivity contribution is 8.00. The van der Waals surface area contributed by atoms with E-state index < -0.39 is 0 Å². The molecule has 0 aliphatic carbocycles. The van der Waals surface area contributed by atoms with Crippen molar-refractivity contribution in [3.8, 4) is 0 Å². The summed E-state index contributed by atoms with van der Waals surface area (Å²) in [4.78, 5) is 24.1. The van der Waals surface area contributed by atoms with Gasteiger partial charge in [0.2, 0.25) is 11.0 Å². The number of carbonyl (C=O) groups is 2. The highest BCUT2D eigenvalue weighted by Gasteiger charge is 2.10. The number of carbonyl (C=O) groups excluding carboxylic acids is 2. The first-order valence-electron chi connectivity index (χ1n) is 9.35. The SMILES string of the molecule is Cc1ccc(CSc2nnc(NC(=O)CCCNC(=O)c3ccc(Cl)cc3)s2)cc1. The lowest BCUT2D eigenvalue weighted by Crippen LogP contribution is -2.25. The molecule has 0 fully saturated rings.